The van der Waals surface area contributed by atoms with E-state index in [1.54, 1.807) is 43.3 Å². The van der Waals surface area contributed by atoms with Gasteiger partial charge in [-0.2, -0.15) is 0 Å². The molecule has 1 atom stereocenters. The van der Waals surface area contributed by atoms with E-state index in [1.165, 1.54) is 4.90 Å². The predicted molar refractivity (Wildman–Crippen MR) is 159 cm³/mol. The van der Waals surface area contributed by atoms with Gasteiger partial charge >= 0.3 is 0 Å². The number of nitrogens with zero attached hydrogens (tertiary/aromatic N) is 2. The molecule has 0 spiro atoms. The number of benzene rings is 3. The van der Waals surface area contributed by atoms with Crippen LogP contribution in [0, 0.1) is 20.8 Å². The average Bonchev–Trinajstić information content (AvgIpc) is 2.91. The van der Waals surface area contributed by atoms with E-state index in [0.29, 0.717) is 12.2 Å². The molecule has 0 aliphatic rings. The summed E-state index contributed by atoms with van der Waals surface area (Å²) in [6.07, 6.45) is 0.758. The van der Waals surface area contributed by atoms with E-state index in [0.717, 1.165) is 37.5 Å². The van der Waals surface area contributed by atoms with Crippen LogP contribution in [-0.2, 0) is 26.2 Å². The molecule has 1 N–H and O–H groups in total. The number of carbonyl (C=O) groups is 2. The lowest BCUT2D eigenvalue weighted by Gasteiger charge is -2.32. The Morgan fingerprint density at radius 1 is 0.923 bits per heavy atom. The van der Waals surface area contributed by atoms with Crippen molar-refractivity contribution in [3.05, 3.63) is 93.5 Å². The van der Waals surface area contributed by atoms with E-state index in [2.05, 4.69) is 21.2 Å². The number of halogens is 1. The third kappa shape index (κ3) is 7.70. The third-order valence-corrected chi connectivity index (χ3v) is 8.97. The highest BCUT2D eigenvalue weighted by atomic mass is 79.9. The van der Waals surface area contributed by atoms with Crippen molar-refractivity contribution in [2.75, 3.05) is 17.4 Å². The maximum Gasteiger partial charge on any atom is 0.264 e. The molecule has 3 aromatic carbocycles. The molecule has 0 aliphatic heterocycles. The summed E-state index contributed by atoms with van der Waals surface area (Å²) in [6.45, 7) is 9.52. The van der Waals surface area contributed by atoms with E-state index >= 15 is 0 Å². The lowest BCUT2D eigenvalue weighted by atomic mass is 10.1. The van der Waals surface area contributed by atoms with Crippen molar-refractivity contribution < 1.29 is 18.0 Å². The first-order chi connectivity index (χ1) is 18.4. The molecule has 0 fully saturated rings. The topological polar surface area (TPSA) is 86.8 Å². The van der Waals surface area contributed by atoms with Gasteiger partial charge in [0.05, 0.1) is 10.6 Å². The first-order valence-corrected chi connectivity index (χ1v) is 15.2. The lowest BCUT2D eigenvalue weighted by molar-refractivity contribution is -0.139. The number of amides is 2. The number of aryl methyl sites for hydroxylation is 3. The summed E-state index contributed by atoms with van der Waals surface area (Å²) in [5.41, 5.74) is 4.05. The summed E-state index contributed by atoms with van der Waals surface area (Å²) in [5, 5.41) is 2.85. The second kappa shape index (κ2) is 13.3. The smallest absolute Gasteiger partial charge is 0.264 e. The summed E-state index contributed by atoms with van der Waals surface area (Å²) in [6, 6.07) is 18.5. The summed E-state index contributed by atoms with van der Waals surface area (Å²) in [4.78, 5) is 28.4. The van der Waals surface area contributed by atoms with Crippen LogP contribution in [-0.4, -0.2) is 44.3 Å². The molecule has 2 amide bonds. The van der Waals surface area contributed by atoms with Gasteiger partial charge in [0, 0.05) is 17.6 Å². The molecule has 0 radical (unpaired) electrons. The fourth-order valence-electron chi connectivity index (χ4n) is 4.01. The van der Waals surface area contributed by atoms with E-state index in [4.69, 9.17) is 0 Å². The zero-order chi connectivity index (χ0) is 28.7. The number of sulfonamides is 1. The Balaban J connectivity index is 2.04. The average molecular weight is 615 g/mol. The van der Waals surface area contributed by atoms with E-state index in [1.807, 2.05) is 58.0 Å². The maximum atomic E-state index is 13.9. The zero-order valence-electron chi connectivity index (χ0n) is 23.1. The van der Waals surface area contributed by atoms with Gasteiger partial charge in [0.2, 0.25) is 11.8 Å². The molecule has 0 saturated heterocycles. The Kier molecular flexibility index (Phi) is 10.3. The van der Waals surface area contributed by atoms with Crippen LogP contribution in [0.15, 0.2) is 76.1 Å². The van der Waals surface area contributed by atoms with Gasteiger partial charge in [-0.1, -0.05) is 58.7 Å². The third-order valence-electron chi connectivity index (χ3n) is 6.65. The Bertz CT molecular complexity index is 1410. The van der Waals surface area contributed by atoms with Crippen molar-refractivity contribution in [2.45, 2.75) is 58.5 Å². The summed E-state index contributed by atoms with van der Waals surface area (Å²) in [7, 11) is -4.09. The lowest BCUT2D eigenvalue weighted by Crippen LogP contribution is -2.51. The molecule has 208 valence electrons. The second-order valence-electron chi connectivity index (χ2n) is 9.71. The van der Waals surface area contributed by atoms with Crippen LogP contribution in [0.25, 0.3) is 0 Å². The monoisotopic (exact) mass is 613 g/mol. The molecule has 0 unspecified atom stereocenters. The SMILES string of the molecule is CCCNC(=O)[C@H](C)N(Cc1ccc(Br)cc1)C(=O)CN(c1ccc(C)c(C)c1)S(=O)(=O)c1ccc(C)cc1. The first kappa shape index (κ1) is 30.4. The van der Waals surface area contributed by atoms with Gasteiger partial charge in [0.15, 0.2) is 0 Å². The van der Waals surface area contributed by atoms with Crippen molar-refractivity contribution >= 4 is 43.5 Å². The highest BCUT2D eigenvalue weighted by Gasteiger charge is 2.32. The number of carbonyl (C=O) groups excluding carboxylic acids is 2. The number of nitrogens with one attached hydrogen (secondary N) is 1. The van der Waals surface area contributed by atoms with Gasteiger partial charge in [0.1, 0.15) is 12.6 Å². The molecular weight excluding hydrogens is 578 g/mol. The Labute approximate surface area is 240 Å². The van der Waals surface area contributed by atoms with Crippen molar-refractivity contribution in [1.29, 1.82) is 0 Å². The number of anilines is 1. The quantitative estimate of drug-likeness (QED) is 0.309. The number of hydrogen-bond acceptors (Lipinski definition) is 4. The van der Waals surface area contributed by atoms with E-state index in [9.17, 15) is 18.0 Å². The Morgan fingerprint density at radius 3 is 2.15 bits per heavy atom. The van der Waals surface area contributed by atoms with Crippen LogP contribution in [0.4, 0.5) is 5.69 Å². The standard InChI is InChI=1S/C30H36BrN3O4S/c1-6-17-32-30(36)24(5)33(19-25-10-12-26(31)13-11-25)29(35)20-34(27-14-9-22(3)23(4)18-27)39(37,38)28-15-7-21(2)8-16-28/h7-16,18,24H,6,17,19-20H2,1-5H3,(H,32,36)/t24-/m0/s1. The summed E-state index contributed by atoms with van der Waals surface area (Å²) < 4.78 is 29.8. The molecule has 0 aromatic heterocycles. The molecule has 0 saturated carbocycles. The van der Waals surface area contributed by atoms with E-state index in [-0.39, 0.29) is 17.3 Å². The number of rotatable bonds is 11. The predicted octanol–water partition coefficient (Wildman–Crippen LogP) is 5.51. The molecule has 0 aliphatic carbocycles. The van der Waals surface area contributed by atoms with Crippen LogP contribution in [0.5, 0.6) is 0 Å². The van der Waals surface area contributed by atoms with Crippen LogP contribution in [0.2, 0.25) is 0 Å². The molecule has 0 heterocycles. The van der Waals surface area contributed by atoms with Gasteiger partial charge < -0.3 is 10.2 Å². The molecule has 39 heavy (non-hydrogen) atoms. The minimum absolute atomic E-state index is 0.0901. The molecular formula is C30H36BrN3O4S. The van der Waals surface area contributed by atoms with Crippen molar-refractivity contribution in [1.82, 2.24) is 10.2 Å². The van der Waals surface area contributed by atoms with Crippen LogP contribution in [0.1, 0.15) is 42.5 Å². The van der Waals surface area contributed by atoms with Gasteiger partial charge in [-0.15, -0.1) is 0 Å². The Hall–Kier alpha value is -3.17. The zero-order valence-corrected chi connectivity index (χ0v) is 25.5. The van der Waals surface area contributed by atoms with Crippen molar-refractivity contribution in [3.8, 4) is 0 Å². The van der Waals surface area contributed by atoms with Crippen LogP contribution in [0.3, 0.4) is 0 Å². The first-order valence-electron chi connectivity index (χ1n) is 12.9. The minimum Gasteiger partial charge on any atom is -0.354 e. The molecule has 3 rings (SSSR count). The van der Waals surface area contributed by atoms with Gasteiger partial charge in [-0.05, 0) is 87.2 Å². The molecule has 7 nitrogen and oxygen atoms in total. The normalized spacial score (nSPS) is 12.1. The van der Waals surface area contributed by atoms with Crippen molar-refractivity contribution in [3.63, 3.8) is 0 Å². The molecule has 3 aromatic rings. The van der Waals surface area contributed by atoms with Crippen LogP contribution < -0.4 is 9.62 Å². The van der Waals surface area contributed by atoms with Gasteiger partial charge in [0.25, 0.3) is 10.0 Å². The van der Waals surface area contributed by atoms with Crippen LogP contribution >= 0.6 is 15.9 Å². The minimum atomic E-state index is -4.09. The Morgan fingerprint density at radius 2 is 1.56 bits per heavy atom. The van der Waals surface area contributed by atoms with Gasteiger partial charge in [-0.3, -0.25) is 13.9 Å². The molecule has 0 bridgehead atoms. The fourth-order valence-corrected chi connectivity index (χ4v) is 5.68. The highest BCUT2D eigenvalue weighted by molar-refractivity contribution is 9.10. The maximum absolute atomic E-state index is 13.9. The van der Waals surface area contributed by atoms with Crippen molar-refractivity contribution in [2.24, 2.45) is 0 Å². The fraction of sp³-hybridized carbons (Fsp3) is 0.333. The highest BCUT2D eigenvalue weighted by Crippen LogP contribution is 2.27. The van der Waals surface area contributed by atoms with Gasteiger partial charge in [-0.25, -0.2) is 8.42 Å². The largest absolute Gasteiger partial charge is 0.354 e. The number of hydrogen-bond donors (Lipinski definition) is 1. The molecule has 9 heteroatoms. The summed E-state index contributed by atoms with van der Waals surface area (Å²) in [5.74, 6) is -0.771. The summed E-state index contributed by atoms with van der Waals surface area (Å²) >= 11 is 3.42. The van der Waals surface area contributed by atoms with E-state index < -0.39 is 28.5 Å². The second-order valence-corrected chi connectivity index (χ2v) is 12.5.